The molecule has 7 nitrogen and oxygen atoms in total. The molecule has 0 spiro atoms. The van der Waals surface area contributed by atoms with E-state index in [9.17, 15) is 4.79 Å². The molecule has 0 aliphatic heterocycles. The quantitative estimate of drug-likeness (QED) is 0.622. The molecule has 0 aliphatic carbocycles. The Bertz CT molecular complexity index is 709. The van der Waals surface area contributed by atoms with Gasteiger partial charge in [0.25, 0.3) is 5.56 Å². The molecular weight excluding hydrogens is 329 g/mol. The number of nitrogens with one attached hydrogen (secondary N) is 2. The zero-order valence-corrected chi connectivity index (χ0v) is 13.1. The predicted octanol–water partition coefficient (Wildman–Crippen LogP) is 2.71. The van der Waals surface area contributed by atoms with Crippen LogP contribution in [0.3, 0.4) is 0 Å². The van der Waals surface area contributed by atoms with Gasteiger partial charge in [-0.15, -0.1) is 10.2 Å². The van der Waals surface area contributed by atoms with Crippen LogP contribution >= 0.6 is 23.2 Å². The number of rotatable bonds is 6. The molecule has 1 heterocycles. The minimum Gasteiger partial charge on any atom is -0.490 e. The highest BCUT2D eigenvalue weighted by Crippen LogP contribution is 2.33. The van der Waals surface area contributed by atoms with Gasteiger partial charge in [-0.05, 0) is 24.1 Å². The van der Waals surface area contributed by atoms with E-state index < -0.39 is 0 Å². The van der Waals surface area contributed by atoms with Gasteiger partial charge in [-0.3, -0.25) is 9.78 Å². The van der Waals surface area contributed by atoms with Gasteiger partial charge in [0.1, 0.15) is 6.20 Å². The first-order valence-electron chi connectivity index (χ1n) is 6.43. The summed E-state index contributed by atoms with van der Waals surface area (Å²) in [4.78, 5) is 13.5. The van der Waals surface area contributed by atoms with Crippen molar-refractivity contribution >= 4 is 35.4 Å². The van der Waals surface area contributed by atoms with E-state index in [1.807, 2.05) is 6.92 Å². The lowest BCUT2D eigenvalue weighted by Crippen LogP contribution is -2.10. The third-order valence-corrected chi connectivity index (χ3v) is 2.99. The number of H-pyrrole nitrogens is 1. The molecule has 22 heavy (non-hydrogen) atoms. The molecule has 2 aromatic rings. The van der Waals surface area contributed by atoms with Gasteiger partial charge in [0.2, 0.25) is 5.95 Å². The van der Waals surface area contributed by atoms with E-state index in [4.69, 9.17) is 27.9 Å². The van der Waals surface area contributed by atoms with E-state index in [1.165, 1.54) is 6.21 Å². The molecular formula is C13H13Cl2N5O2. The Kier molecular flexibility index (Phi) is 5.74. The predicted molar refractivity (Wildman–Crippen MR) is 86.1 cm³/mol. The highest BCUT2D eigenvalue weighted by atomic mass is 35.5. The van der Waals surface area contributed by atoms with Gasteiger partial charge in [0, 0.05) is 0 Å². The lowest BCUT2D eigenvalue weighted by molar-refractivity contribution is 0.318. The normalized spacial score (nSPS) is 10.9. The fourth-order valence-electron chi connectivity index (χ4n) is 1.53. The minimum absolute atomic E-state index is 0.129. The van der Waals surface area contributed by atoms with Crippen molar-refractivity contribution in [3.8, 4) is 5.75 Å². The van der Waals surface area contributed by atoms with E-state index in [0.29, 0.717) is 28.0 Å². The smallest absolute Gasteiger partial charge is 0.271 e. The molecule has 0 radical (unpaired) electrons. The van der Waals surface area contributed by atoms with Crippen LogP contribution in [0.25, 0.3) is 0 Å². The first-order valence-corrected chi connectivity index (χ1v) is 7.18. The summed E-state index contributed by atoms with van der Waals surface area (Å²) in [6.07, 6.45) is 3.40. The zero-order valence-electron chi connectivity index (χ0n) is 11.6. The van der Waals surface area contributed by atoms with Crippen molar-refractivity contribution in [3.05, 3.63) is 44.3 Å². The van der Waals surface area contributed by atoms with Crippen molar-refractivity contribution in [2.75, 3.05) is 12.0 Å². The Morgan fingerprint density at radius 2 is 2.14 bits per heavy atom. The number of nitrogens with zero attached hydrogens (tertiary/aromatic N) is 3. The Labute approximate surface area is 136 Å². The molecule has 0 atom stereocenters. The molecule has 0 unspecified atom stereocenters. The number of halogens is 2. The van der Waals surface area contributed by atoms with Crippen LogP contribution in [-0.2, 0) is 0 Å². The fraction of sp³-hybridized carbons (Fsp3) is 0.231. The largest absolute Gasteiger partial charge is 0.490 e. The van der Waals surface area contributed by atoms with Crippen LogP contribution in [0, 0.1) is 0 Å². The second-order valence-electron chi connectivity index (χ2n) is 4.21. The summed E-state index contributed by atoms with van der Waals surface area (Å²) in [6.45, 7) is 2.53. The van der Waals surface area contributed by atoms with Gasteiger partial charge in [0.15, 0.2) is 5.75 Å². The van der Waals surface area contributed by atoms with Crippen LogP contribution in [0.5, 0.6) is 5.75 Å². The van der Waals surface area contributed by atoms with Crippen molar-refractivity contribution in [3.63, 3.8) is 0 Å². The second-order valence-corrected chi connectivity index (χ2v) is 5.03. The number of aromatic nitrogens is 3. The number of hydrogen-bond acceptors (Lipinski definition) is 6. The third-order valence-electron chi connectivity index (χ3n) is 2.43. The molecule has 0 fully saturated rings. The maximum absolute atomic E-state index is 11.0. The number of anilines is 1. The summed E-state index contributed by atoms with van der Waals surface area (Å²) in [6, 6.07) is 3.34. The average molecular weight is 342 g/mol. The van der Waals surface area contributed by atoms with Crippen LogP contribution < -0.4 is 15.7 Å². The van der Waals surface area contributed by atoms with Crippen LogP contribution in [0.1, 0.15) is 18.9 Å². The molecule has 116 valence electrons. The molecule has 0 bridgehead atoms. The molecule has 0 saturated heterocycles. The molecule has 9 heteroatoms. The van der Waals surface area contributed by atoms with E-state index in [1.54, 1.807) is 12.1 Å². The van der Waals surface area contributed by atoms with Crippen LogP contribution in [0.15, 0.2) is 28.2 Å². The minimum atomic E-state index is -0.379. The lowest BCUT2D eigenvalue weighted by Gasteiger charge is -2.09. The Balaban J connectivity index is 2.09. The number of benzene rings is 1. The monoisotopic (exact) mass is 341 g/mol. The number of hydrazone groups is 1. The summed E-state index contributed by atoms with van der Waals surface area (Å²) < 4.78 is 5.48. The first kappa shape index (κ1) is 16.3. The van der Waals surface area contributed by atoms with Gasteiger partial charge >= 0.3 is 0 Å². The second kappa shape index (κ2) is 7.77. The maximum atomic E-state index is 11.0. The highest BCUT2D eigenvalue weighted by molar-refractivity contribution is 6.37. The van der Waals surface area contributed by atoms with E-state index in [0.717, 1.165) is 12.6 Å². The summed E-state index contributed by atoms with van der Waals surface area (Å²) in [5.74, 6) is 0.581. The fourth-order valence-corrected chi connectivity index (χ4v) is 2.14. The van der Waals surface area contributed by atoms with Gasteiger partial charge < -0.3 is 4.74 Å². The van der Waals surface area contributed by atoms with Gasteiger partial charge in [0.05, 0.1) is 22.9 Å². The number of hydrogen-bond donors (Lipinski definition) is 2. The summed E-state index contributed by atoms with van der Waals surface area (Å²) in [5.41, 5.74) is 2.83. The summed E-state index contributed by atoms with van der Waals surface area (Å²) >= 11 is 12.3. The van der Waals surface area contributed by atoms with Crippen molar-refractivity contribution in [1.29, 1.82) is 0 Å². The van der Waals surface area contributed by atoms with Crippen LogP contribution in [0.4, 0.5) is 5.95 Å². The Hall–Kier alpha value is -2.12. The van der Waals surface area contributed by atoms with Crippen molar-refractivity contribution in [1.82, 2.24) is 15.2 Å². The van der Waals surface area contributed by atoms with Crippen LogP contribution in [-0.4, -0.2) is 28.0 Å². The zero-order chi connectivity index (χ0) is 15.9. The molecule has 0 aliphatic rings. The highest BCUT2D eigenvalue weighted by Gasteiger charge is 2.08. The number of ether oxygens (including phenoxy) is 1. The standard InChI is InChI=1S/C13H13Cl2N5O2/c1-2-3-22-12-9(14)4-8(5-10(12)15)6-16-19-13-18-11(21)7-17-20-13/h4-7H,2-3H2,1H3,(H2,18,19,20,21)/b16-6+. The summed E-state index contributed by atoms with van der Waals surface area (Å²) in [5, 5.41) is 11.9. The Morgan fingerprint density at radius 3 is 2.77 bits per heavy atom. The Morgan fingerprint density at radius 1 is 1.41 bits per heavy atom. The SMILES string of the molecule is CCCOc1c(Cl)cc(/C=N/Nc2nncc(=O)[nH]2)cc1Cl. The first-order chi connectivity index (χ1) is 10.6. The molecule has 1 aromatic carbocycles. The molecule has 1 aromatic heterocycles. The lowest BCUT2D eigenvalue weighted by atomic mass is 10.2. The van der Waals surface area contributed by atoms with Crippen molar-refractivity contribution in [2.24, 2.45) is 5.10 Å². The molecule has 2 rings (SSSR count). The van der Waals surface area contributed by atoms with Gasteiger partial charge in [-0.25, -0.2) is 5.43 Å². The third kappa shape index (κ3) is 4.44. The van der Waals surface area contributed by atoms with Crippen molar-refractivity contribution in [2.45, 2.75) is 13.3 Å². The average Bonchev–Trinajstić information content (AvgIpc) is 2.46. The van der Waals surface area contributed by atoms with Crippen LogP contribution in [0.2, 0.25) is 10.0 Å². The van der Waals surface area contributed by atoms with Gasteiger partial charge in [-0.2, -0.15) is 5.10 Å². The summed E-state index contributed by atoms with van der Waals surface area (Å²) in [7, 11) is 0. The topological polar surface area (TPSA) is 92.3 Å². The van der Waals surface area contributed by atoms with E-state index in [2.05, 4.69) is 25.7 Å². The molecule has 0 saturated carbocycles. The number of aromatic amines is 1. The van der Waals surface area contributed by atoms with E-state index >= 15 is 0 Å². The van der Waals surface area contributed by atoms with Crippen molar-refractivity contribution < 1.29 is 4.74 Å². The van der Waals surface area contributed by atoms with E-state index in [-0.39, 0.29) is 11.5 Å². The molecule has 0 amide bonds. The van der Waals surface area contributed by atoms with Gasteiger partial charge in [-0.1, -0.05) is 30.1 Å². The molecule has 2 N–H and O–H groups in total. The maximum Gasteiger partial charge on any atom is 0.271 e.